The molecule has 0 aromatic heterocycles. The smallest absolute Gasteiger partial charge is 0.119 e. The third kappa shape index (κ3) is 5.33. The first-order valence-electron chi connectivity index (χ1n) is 8.16. The first kappa shape index (κ1) is 16.3. The van der Waals surface area contributed by atoms with Crippen molar-refractivity contribution in [3.63, 3.8) is 0 Å². The van der Waals surface area contributed by atoms with Crippen molar-refractivity contribution >= 4 is 0 Å². The van der Waals surface area contributed by atoms with Crippen molar-refractivity contribution in [3.05, 3.63) is 29.8 Å². The fourth-order valence-electron chi connectivity index (χ4n) is 2.56. The molecule has 1 heterocycles. The van der Waals surface area contributed by atoms with Gasteiger partial charge < -0.3 is 14.8 Å². The topological polar surface area (TPSA) is 30.5 Å². The van der Waals surface area contributed by atoms with Crippen LogP contribution in [0.25, 0.3) is 0 Å². The summed E-state index contributed by atoms with van der Waals surface area (Å²) in [6, 6.07) is 8.92. The number of benzene rings is 1. The van der Waals surface area contributed by atoms with Crippen molar-refractivity contribution in [2.24, 2.45) is 0 Å². The predicted molar refractivity (Wildman–Crippen MR) is 87.1 cm³/mol. The molecule has 3 nitrogen and oxygen atoms in total. The molecule has 1 aliphatic rings. The number of hydrogen-bond donors (Lipinski definition) is 1. The minimum absolute atomic E-state index is 0.230. The Labute approximate surface area is 129 Å². The summed E-state index contributed by atoms with van der Waals surface area (Å²) in [6.45, 7) is 10.3. The van der Waals surface area contributed by atoms with Gasteiger partial charge in [-0.2, -0.15) is 0 Å². The Morgan fingerprint density at radius 3 is 2.38 bits per heavy atom. The summed E-state index contributed by atoms with van der Waals surface area (Å²) in [5, 5.41) is 3.43. The van der Waals surface area contributed by atoms with Crippen LogP contribution in [0.3, 0.4) is 0 Å². The van der Waals surface area contributed by atoms with Crippen molar-refractivity contribution in [2.45, 2.75) is 64.7 Å². The van der Waals surface area contributed by atoms with Gasteiger partial charge in [0.1, 0.15) is 12.4 Å². The van der Waals surface area contributed by atoms with Crippen LogP contribution in [-0.2, 0) is 4.74 Å². The molecule has 2 unspecified atom stereocenters. The van der Waals surface area contributed by atoms with Crippen LogP contribution in [0.1, 0.15) is 52.0 Å². The van der Waals surface area contributed by atoms with Gasteiger partial charge in [-0.05, 0) is 36.5 Å². The van der Waals surface area contributed by atoms with Crippen molar-refractivity contribution in [3.8, 4) is 5.75 Å². The second-order valence-electron chi connectivity index (χ2n) is 6.56. The van der Waals surface area contributed by atoms with Crippen LogP contribution >= 0.6 is 0 Å². The largest absolute Gasteiger partial charge is 0.491 e. The van der Waals surface area contributed by atoms with Gasteiger partial charge in [0.25, 0.3) is 0 Å². The number of ether oxygens (including phenoxy) is 2. The van der Waals surface area contributed by atoms with Gasteiger partial charge in [-0.1, -0.05) is 39.8 Å². The molecule has 0 radical (unpaired) electrons. The highest BCUT2D eigenvalue weighted by atomic mass is 16.5. The minimum atomic E-state index is 0.230. The molecule has 2 rings (SSSR count). The lowest BCUT2D eigenvalue weighted by molar-refractivity contribution is 0.0178. The van der Waals surface area contributed by atoms with E-state index in [1.165, 1.54) is 5.56 Å². The molecule has 1 N–H and O–H groups in total. The molecule has 118 valence electrons. The number of nitrogens with one attached hydrogen (secondary N) is 1. The summed E-state index contributed by atoms with van der Waals surface area (Å²) < 4.78 is 11.9. The lowest BCUT2D eigenvalue weighted by Crippen LogP contribution is -2.32. The molecular weight excluding hydrogens is 262 g/mol. The van der Waals surface area contributed by atoms with Crippen LogP contribution in [-0.4, -0.2) is 31.4 Å². The van der Waals surface area contributed by atoms with Gasteiger partial charge in [-0.3, -0.25) is 0 Å². The Balaban J connectivity index is 1.71. The SMILES string of the molecule is CC(C)NCC1CCC(COc2ccc(C(C)C)cc2)O1. The molecule has 21 heavy (non-hydrogen) atoms. The van der Waals surface area contributed by atoms with Crippen LogP contribution < -0.4 is 10.1 Å². The highest BCUT2D eigenvalue weighted by Gasteiger charge is 2.25. The molecule has 0 saturated carbocycles. The first-order valence-corrected chi connectivity index (χ1v) is 8.16. The van der Waals surface area contributed by atoms with Crippen molar-refractivity contribution in [1.82, 2.24) is 5.32 Å². The first-order chi connectivity index (χ1) is 10.0. The molecule has 1 fully saturated rings. The van der Waals surface area contributed by atoms with Crippen LogP contribution in [0.15, 0.2) is 24.3 Å². The molecule has 0 aliphatic carbocycles. The third-order valence-corrected chi connectivity index (χ3v) is 3.93. The van der Waals surface area contributed by atoms with Gasteiger partial charge >= 0.3 is 0 Å². The van der Waals surface area contributed by atoms with Crippen LogP contribution in [0.2, 0.25) is 0 Å². The fourth-order valence-corrected chi connectivity index (χ4v) is 2.56. The summed E-state index contributed by atoms with van der Waals surface area (Å²) in [6.07, 6.45) is 2.78. The average molecular weight is 291 g/mol. The highest BCUT2D eigenvalue weighted by Crippen LogP contribution is 2.22. The van der Waals surface area contributed by atoms with Crippen molar-refractivity contribution in [1.29, 1.82) is 0 Å². The second kappa shape index (κ2) is 7.81. The maximum absolute atomic E-state index is 6.01. The summed E-state index contributed by atoms with van der Waals surface area (Å²) in [7, 11) is 0. The standard InChI is InChI=1S/C18H29NO2/c1-13(2)15-5-7-16(8-6-15)20-12-18-10-9-17(21-18)11-19-14(3)4/h5-8,13-14,17-19H,9-12H2,1-4H3. The normalized spacial score (nSPS) is 22.2. The Kier molecular flexibility index (Phi) is 6.07. The molecule has 1 aliphatic heterocycles. The molecule has 2 atom stereocenters. The second-order valence-corrected chi connectivity index (χ2v) is 6.56. The molecule has 0 spiro atoms. The third-order valence-electron chi connectivity index (χ3n) is 3.93. The van der Waals surface area contributed by atoms with Gasteiger partial charge in [0.05, 0.1) is 12.2 Å². The molecule has 3 heteroatoms. The van der Waals surface area contributed by atoms with E-state index in [0.29, 0.717) is 24.7 Å². The quantitative estimate of drug-likeness (QED) is 0.830. The molecule has 0 bridgehead atoms. The van der Waals surface area contributed by atoms with E-state index in [0.717, 1.165) is 25.1 Å². The van der Waals surface area contributed by atoms with E-state index in [9.17, 15) is 0 Å². The molecule has 1 saturated heterocycles. The summed E-state index contributed by atoms with van der Waals surface area (Å²) in [5.74, 6) is 1.50. The van der Waals surface area contributed by atoms with Gasteiger partial charge in [0.2, 0.25) is 0 Å². The van der Waals surface area contributed by atoms with Gasteiger partial charge in [-0.25, -0.2) is 0 Å². The maximum atomic E-state index is 6.01. The number of rotatable bonds is 7. The summed E-state index contributed by atoms with van der Waals surface area (Å²) >= 11 is 0. The van der Waals surface area contributed by atoms with E-state index >= 15 is 0 Å². The van der Waals surface area contributed by atoms with Crippen molar-refractivity contribution < 1.29 is 9.47 Å². The Morgan fingerprint density at radius 1 is 1.10 bits per heavy atom. The van der Waals surface area contributed by atoms with Crippen LogP contribution in [0.5, 0.6) is 5.75 Å². The van der Waals surface area contributed by atoms with Gasteiger partial charge in [0.15, 0.2) is 0 Å². The summed E-state index contributed by atoms with van der Waals surface area (Å²) in [5.41, 5.74) is 1.35. The Bertz CT molecular complexity index is 414. The van der Waals surface area contributed by atoms with Crippen LogP contribution in [0, 0.1) is 0 Å². The molecular formula is C18H29NO2. The lowest BCUT2D eigenvalue weighted by Gasteiger charge is -2.16. The highest BCUT2D eigenvalue weighted by molar-refractivity contribution is 5.28. The van der Waals surface area contributed by atoms with E-state index in [1.807, 2.05) is 0 Å². The predicted octanol–water partition coefficient (Wildman–Crippen LogP) is 3.73. The molecule has 0 amide bonds. The van der Waals surface area contributed by atoms with Crippen LogP contribution in [0.4, 0.5) is 0 Å². The zero-order valence-corrected chi connectivity index (χ0v) is 13.8. The van der Waals surface area contributed by atoms with Gasteiger partial charge in [0, 0.05) is 12.6 Å². The van der Waals surface area contributed by atoms with Crippen molar-refractivity contribution in [2.75, 3.05) is 13.2 Å². The average Bonchev–Trinajstić information content (AvgIpc) is 2.91. The Hall–Kier alpha value is -1.06. The Morgan fingerprint density at radius 2 is 1.76 bits per heavy atom. The van der Waals surface area contributed by atoms with E-state index in [1.54, 1.807) is 0 Å². The number of hydrogen-bond acceptors (Lipinski definition) is 3. The minimum Gasteiger partial charge on any atom is -0.491 e. The van der Waals surface area contributed by atoms with E-state index in [4.69, 9.17) is 9.47 Å². The maximum Gasteiger partial charge on any atom is 0.119 e. The summed E-state index contributed by atoms with van der Waals surface area (Å²) in [4.78, 5) is 0. The van der Waals surface area contributed by atoms with Gasteiger partial charge in [-0.15, -0.1) is 0 Å². The lowest BCUT2D eigenvalue weighted by atomic mass is 10.0. The van der Waals surface area contributed by atoms with E-state index < -0.39 is 0 Å². The zero-order chi connectivity index (χ0) is 15.2. The van der Waals surface area contributed by atoms with E-state index in [-0.39, 0.29) is 6.10 Å². The fraction of sp³-hybridized carbons (Fsp3) is 0.667. The molecule has 1 aromatic carbocycles. The zero-order valence-electron chi connectivity index (χ0n) is 13.8. The molecule has 1 aromatic rings. The monoisotopic (exact) mass is 291 g/mol. The van der Waals surface area contributed by atoms with E-state index in [2.05, 4.69) is 57.3 Å².